The van der Waals surface area contributed by atoms with Crippen molar-refractivity contribution in [2.24, 2.45) is 0 Å². The van der Waals surface area contributed by atoms with Crippen molar-refractivity contribution >= 4 is 5.69 Å². The van der Waals surface area contributed by atoms with Gasteiger partial charge in [-0.3, -0.25) is 0 Å². The summed E-state index contributed by atoms with van der Waals surface area (Å²) in [7, 11) is 4.88. The molecule has 2 heterocycles. The molecule has 0 amide bonds. The fourth-order valence-corrected chi connectivity index (χ4v) is 3.41. The van der Waals surface area contributed by atoms with Crippen LogP contribution in [-0.4, -0.2) is 25.9 Å². The van der Waals surface area contributed by atoms with Gasteiger partial charge < -0.3 is 24.1 Å². The molecular formula is C20H20N2O3. The third-order valence-corrected chi connectivity index (χ3v) is 4.56. The Labute approximate surface area is 146 Å². The number of nitrogens with zero attached hydrogens (tertiary/aromatic N) is 1. The standard InChI is InChI=1S/C20H20N2O3/c1-23-17-11-13(12-18(24-2)20(17)25-3)19-16-9-6-10-22(16)15-8-5-4-7-14(15)21-19/h4-12,19,21H,1-3H3. The Hall–Kier alpha value is -3.08. The van der Waals surface area contributed by atoms with Crippen LogP contribution in [0, 0.1) is 0 Å². The van der Waals surface area contributed by atoms with Gasteiger partial charge in [-0.15, -0.1) is 0 Å². The molecule has 1 aliphatic heterocycles. The summed E-state index contributed by atoms with van der Waals surface area (Å²) in [5.74, 6) is 1.89. The maximum Gasteiger partial charge on any atom is 0.203 e. The maximum atomic E-state index is 5.51. The van der Waals surface area contributed by atoms with Crippen molar-refractivity contribution in [1.82, 2.24) is 4.57 Å². The van der Waals surface area contributed by atoms with Gasteiger partial charge in [0.15, 0.2) is 11.5 Å². The number of benzene rings is 2. The molecule has 1 N–H and O–H groups in total. The van der Waals surface area contributed by atoms with E-state index in [0.29, 0.717) is 17.2 Å². The third-order valence-electron chi connectivity index (χ3n) is 4.56. The summed E-state index contributed by atoms with van der Waals surface area (Å²) in [5.41, 5.74) is 4.44. The maximum absolute atomic E-state index is 5.51. The van der Waals surface area contributed by atoms with Gasteiger partial charge in [0.2, 0.25) is 5.75 Å². The molecule has 1 atom stereocenters. The Morgan fingerprint density at radius 2 is 1.60 bits per heavy atom. The largest absolute Gasteiger partial charge is 0.493 e. The van der Waals surface area contributed by atoms with Crippen LogP contribution in [-0.2, 0) is 0 Å². The van der Waals surface area contributed by atoms with E-state index in [2.05, 4.69) is 40.3 Å². The van der Waals surface area contributed by atoms with E-state index in [1.807, 2.05) is 24.3 Å². The highest BCUT2D eigenvalue weighted by Crippen LogP contribution is 2.43. The minimum Gasteiger partial charge on any atom is -0.493 e. The highest BCUT2D eigenvalue weighted by molar-refractivity contribution is 5.67. The average molecular weight is 336 g/mol. The first-order valence-electron chi connectivity index (χ1n) is 8.10. The minimum absolute atomic E-state index is 0.0152. The summed E-state index contributed by atoms with van der Waals surface area (Å²) in [5, 5.41) is 3.62. The average Bonchev–Trinajstić information content (AvgIpc) is 3.16. The Balaban J connectivity index is 1.87. The normalized spacial score (nSPS) is 14.9. The van der Waals surface area contributed by atoms with Crippen LogP contribution < -0.4 is 19.5 Å². The van der Waals surface area contributed by atoms with E-state index >= 15 is 0 Å². The molecule has 2 aromatic carbocycles. The molecule has 0 aliphatic carbocycles. The van der Waals surface area contributed by atoms with Gasteiger partial charge in [-0.05, 0) is 42.0 Å². The van der Waals surface area contributed by atoms with Crippen LogP contribution in [0.15, 0.2) is 54.7 Å². The van der Waals surface area contributed by atoms with Crippen molar-refractivity contribution < 1.29 is 14.2 Å². The molecule has 0 saturated heterocycles. The Bertz CT molecular complexity index is 892. The molecule has 0 spiro atoms. The molecule has 1 aliphatic rings. The molecule has 0 radical (unpaired) electrons. The number of fused-ring (bicyclic) bond motifs is 3. The number of aromatic nitrogens is 1. The molecule has 5 heteroatoms. The van der Waals surface area contributed by atoms with Gasteiger partial charge >= 0.3 is 0 Å². The van der Waals surface area contributed by atoms with E-state index in [0.717, 1.165) is 22.6 Å². The van der Waals surface area contributed by atoms with E-state index in [1.165, 1.54) is 0 Å². The molecule has 0 saturated carbocycles. The second-order valence-corrected chi connectivity index (χ2v) is 5.86. The van der Waals surface area contributed by atoms with Gasteiger partial charge in [-0.2, -0.15) is 0 Å². The van der Waals surface area contributed by atoms with E-state index in [9.17, 15) is 0 Å². The molecule has 1 aromatic heterocycles. The van der Waals surface area contributed by atoms with Crippen molar-refractivity contribution in [1.29, 1.82) is 0 Å². The molecule has 1 unspecified atom stereocenters. The van der Waals surface area contributed by atoms with Gasteiger partial charge in [-0.25, -0.2) is 0 Å². The smallest absolute Gasteiger partial charge is 0.203 e. The Kier molecular flexibility index (Phi) is 3.76. The lowest BCUT2D eigenvalue weighted by atomic mass is 9.99. The number of ether oxygens (including phenoxy) is 3. The van der Waals surface area contributed by atoms with Crippen LogP contribution in [0.5, 0.6) is 17.2 Å². The molecule has 3 aromatic rings. The van der Waals surface area contributed by atoms with Crippen LogP contribution in [0.4, 0.5) is 5.69 Å². The quantitative estimate of drug-likeness (QED) is 0.782. The highest BCUT2D eigenvalue weighted by atomic mass is 16.5. The van der Waals surface area contributed by atoms with Crippen molar-refractivity contribution in [3.8, 4) is 22.9 Å². The van der Waals surface area contributed by atoms with E-state index in [4.69, 9.17) is 14.2 Å². The molecular weight excluding hydrogens is 316 g/mol. The molecule has 5 nitrogen and oxygen atoms in total. The number of hydrogen-bond donors (Lipinski definition) is 1. The zero-order valence-electron chi connectivity index (χ0n) is 14.4. The predicted molar refractivity (Wildman–Crippen MR) is 97.3 cm³/mol. The number of methoxy groups -OCH3 is 3. The SMILES string of the molecule is COc1cc(C2Nc3ccccc3-n3cccc32)cc(OC)c1OC. The highest BCUT2D eigenvalue weighted by Gasteiger charge is 2.27. The van der Waals surface area contributed by atoms with Crippen LogP contribution in [0.1, 0.15) is 17.3 Å². The van der Waals surface area contributed by atoms with E-state index in [-0.39, 0.29) is 6.04 Å². The first kappa shape index (κ1) is 15.4. The fourth-order valence-electron chi connectivity index (χ4n) is 3.41. The summed E-state index contributed by atoms with van der Waals surface area (Å²) >= 11 is 0. The predicted octanol–water partition coefficient (Wildman–Crippen LogP) is 4.02. The van der Waals surface area contributed by atoms with Crippen LogP contribution in [0.3, 0.4) is 0 Å². The van der Waals surface area contributed by atoms with Crippen molar-refractivity contribution in [3.63, 3.8) is 0 Å². The lowest BCUT2D eigenvalue weighted by Gasteiger charge is -2.30. The van der Waals surface area contributed by atoms with E-state index in [1.54, 1.807) is 21.3 Å². The second-order valence-electron chi connectivity index (χ2n) is 5.86. The summed E-state index contributed by atoms with van der Waals surface area (Å²) in [4.78, 5) is 0. The summed E-state index contributed by atoms with van der Waals surface area (Å²) in [6, 6.07) is 16.4. The monoisotopic (exact) mass is 336 g/mol. The number of hydrogen-bond acceptors (Lipinski definition) is 4. The topological polar surface area (TPSA) is 44.7 Å². The summed E-state index contributed by atoms with van der Waals surface area (Å²) in [6.45, 7) is 0. The van der Waals surface area contributed by atoms with Crippen LogP contribution in [0.25, 0.3) is 5.69 Å². The van der Waals surface area contributed by atoms with Gasteiger partial charge in [0.25, 0.3) is 0 Å². The zero-order valence-corrected chi connectivity index (χ0v) is 14.4. The molecule has 128 valence electrons. The van der Waals surface area contributed by atoms with Gasteiger partial charge in [-0.1, -0.05) is 12.1 Å². The lowest BCUT2D eigenvalue weighted by molar-refractivity contribution is 0.323. The summed E-state index contributed by atoms with van der Waals surface area (Å²) < 4.78 is 18.7. The number of rotatable bonds is 4. The number of para-hydroxylation sites is 2. The third kappa shape index (κ3) is 2.39. The fraction of sp³-hybridized carbons (Fsp3) is 0.200. The zero-order chi connectivity index (χ0) is 17.4. The number of anilines is 1. The molecule has 0 fully saturated rings. The Morgan fingerprint density at radius 1 is 0.880 bits per heavy atom. The van der Waals surface area contributed by atoms with Crippen molar-refractivity contribution in [3.05, 3.63) is 66.0 Å². The Morgan fingerprint density at radius 3 is 2.28 bits per heavy atom. The van der Waals surface area contributed by atoms with E-state index < -0.39 is 0 Å². The minimum atomic E-state index is -0.0152. The first-order chi connectivity index (χ1) is 12.3. The molecule has 25 heavy (non-hydrogen) atoms. The summed E-state index contributed by atoms with van der Waals surface area (Å²) in [6.07, 6.45) is 2.08. The first-order valence-corrected chi connectivity index (χ1v) is 8.10. The van der Waals surface area contributed by atoms with Crippen molar-refractivity contribution in [2.75, 3.05) is 26.6 Å². The van der Waals surface area contributed by atoms with Crippen LogP contribution >= 0.6 is 0 Å². The second kappa shape index (κ2) is 6.09. The van der Waals surface area contributed by atoms with Crippen LogP contribution in [0.2, 0.25) is 0 Å². The molecule has 4 rings (SSSR count). The number of nitrogens with one attached hydrogen (secondary N) is 1. The van der Waals surface area contributed by atoms with Crippen molar-refractivity contribution in [2.45, 2.75) is 6.04 Å². The van der Waals surface area contributed by atoms with Gasteiger partial charge in [0.1, 0.15) is 0 Å². The van der Waals surface area contributed by atoms with Gasteiger partial charge in [0, 0.05) is 11.9 Å². The molecule has 0 bridgehead atoms. The lowest BCUT2D eigenvalue weighted by Crippen LogP contribution is -2.22. The van der Waals surface area contributed by atoms with Gasteiger partial charge in [0.05, 0.1) is 38.7 Å².